The number of hydrogen-bond donors (Lipinski definition) is 2. The summed E-state index contributed by atoms with van der Waals surface area (Å²) in [7, 11) is 0. The van der Waals surface area contributed by atoms with Crippen LogP contribution in [0, 0.1) is 7.14 Å². The van der Waals surface area contributed by atoms with E-state index in [0.717, 1.165) is 7.14 Å². The van der Waals surface area contributed by atoms with Crippen molar-refractivity contribution < 1.29 is 10.2 Å². The van der Waals surface area contributed by atoms with Crippen LogP contribution < -0.4 is 0 Å². The summed E-state index contributed by atoms with van der Waals surface area (Å²) in [5.41, 5.74) is 0.955. The minimum Gasteiger partial charge on any atom is -0.506 e. The number of phenols is 2. The Labute approximate surface area is 142 Å². The van der Waals surface area contributed by atoms with Crippen molar-refractivity contribution >= 4 is 68.7 Å². The zero-order valence-electron chi connectivity index (χ0n) is 9.44. The molecule has 0 heterocycles. The van der Waals surface area contributed by atoms with Gasteiger partial charge in [-0.25, -0.2) is 0 Å². The second kappa shape index (κ2) is 6.27. The number of nitrogens with zero attached hydrogens (tertiary/aromatic N) is 1. The van der Waals surface area contributed by atoms with Gasteiger partial charge in [0.15, 0.2) is 0 Å². The van der Waals surface area contributed by atoms with Crippen LogP contribution in [0.2, 0.25) is 5.02 Å². The van der Waals surface area contributed by atoms with Gasteiger partial charge in [0.25, 0.3) is 0 Å². The molecule has 19 heavy (non-hydrogen) atoms. The lowest BCUT2D eigenvalue weighted by atomic mass is 10.2. The average Bonchev–Trinajstić information content (AvgIpc) is 2.35. The van der Waals surface area contributed by atoms with Crippen molar-refractivity contribution in [3.63, 3.8) is 0 Å². The van der Waals surface area contributed by atoms with Crippen LogP contribution in [0.15, 0.2) is 35.3 Å². The fraction of sp³-hybridized carbons (Fsp3) is 0. The molecule has 0 aromatic heterocycles. The molecule has 0 atom stereocenters. The van der Waals surface area contributed by atoms with Crippen LogP contribution in [0.3, 0.4) is 0 Å². The van der Waals surface area contributed by atoms with Crippen LogP contribution in [-0.2, 0) is 0 Å². The zero-order chi connectivity index (χ0) is 14.0. The molecule has 2 N–H and O–H groups in total. The van der Waals surface area contributed by atoms with Gasteiger partial charge in [0.05, 0.1) is 3.57 Å². The quantitative estimate of drug-likeness (QED) is 0.465. The number of phenolic OH excluding ortho intramolecular Hbond substituents is 2. The van der Waals surface area contributed by atoms with E-state index in [0.29, 0.717) is 16.3 Å². The third-order valence-corrected chi connectivity index (χ3v) is 4.02. The lowest BCUT2D eigenvalue weighted by Crippen LogP contribution is -1.87. The predicted octanol–water partition coefficient (Wildman–Crippen LogP) is 4.71. The summed E-state index contributed by atoms with van der Waals surface area (Å²) in [4.78, 5) is 4.15. The van der Waals surface area contributed by atoms with Crippen molar-refractivity contribution in [3.8, 4) is 11.5 Å². The van der Waals surface area contributed by atoms with E-state index in [1.165, 1.54) is 12.3 Å². The second-order valence-electron chi connectivity index (χ2n) is 3.72. The molecule has 0 aliphatic carbocycles. The van der Waals surface area contributed by atoms with Gasteiger partial charge >= 0.3 is 0 Å². The standard InChI is InChI=1S/C13H8ClI2NO2/c14-8-1-2-12(18)11(4-8)17-6-7-3-9(15)5-10(16)13(7)19/h1-6,18-19H. The number of rotatable bonds is 2. The molecule has 98 valence electrons. The molecule has 0 spiro atoms. The third-order valence-electron chi connectivity index (χ3n) is 2.34. The zero-order valence-corrected chi connectivity index (χ0v) is 14.5. The maximum atomic E-state index is 9.93. The van der Waals surface area contributed by atoms with E-state index >= 15 is 0 Å². The molecule has 0 aliphatic rings. The Morgan fingerprint density at radius 1 is 1.11 bits per heavy atom. The molecule has 0 saturated carbocycles. The van der Waals surface area contributed by atoms with Gasteiger partial charge < -0.3 is 10.2 Å². The number of aromatic hydroxyl groups is 2. The molecular weight excluding hydrogens is 491 g/mol. The lowest BCUT2D eigenvalue weighted by molar-refractivity contribution is 0.470. The Morgan fingerprint density at radius 3 is 2.58 bits per heavy atom. The van der Waals surface area contributed by atoms with Crippen molar-refractivity contribution in [2.24, 2.45) is 4.99 Å². The number of hydrogen-bond acceptors (Lipinski definition) is 3. The number of halogens is 3. The molecule has 0 unspecified atom stereocenters. The first-order chi connectivity index (χ1) is 8.97. The highest BCUT2D eigenvalue weighted by molar-refractivity contribution is 14.1. The molecular formula is C13H8ClI2NO2. The molecule has 0 fully saturated rings. The highest BCUT2D eigenvalue weighted by Crippen LogP contribution is 2.30. The van der Waals surface area contributed by atoms with Gasteiger partial charge in [-0.2, -0.15) is 0 Å². The normalized spacial score (nSPS) is 11.1. The minimum atomic E-state index is 0.0421. The van der Waals surface area contributed by atoms with Crippen LogP contribution in [0.25, 0.3) is 0 Å². The van der Waals surface area contributed by atoms with Crippen LogP contribution in [-0.4, -0.2) is 16.4 Å². The van der Waals surface area contributed by atoms with Crippen molar-refractivity contribution in [3.05, 3.63) is 48.1 Å². The summed E-state index contributed by atoms with van der Waals surface area (Å²) in [6, 6.07) is 8.30. The Bertz CT molecular complexity index is 659. The summed E-state index contributed by atoms with van der Waals surface area (Å²) < 4.78 is 1.75. The molecule has 6 heteroatoms. The molecule has 3 nitrogen and oxygen atoms in total. The van der Waals surface area contributed by atoms with Crippen LogP contribution in [0.1, 0.15) is 5.56 Å². The Balaban J connectivity index is 2.40. The van der Waals surface area contributed by atoms with Gasteiger partial charge in [-0.1, -0.05) is 11.6 Å². The summed E-state index contributed by atoms with van der Waals surface area (Å²) in [5.74, 6) is 0.215. The lowest BCUT2D eigenvalue weighted by Gasteiger charge is -2.03. The molecule has 0 radical (unpaired) electrons. The molecule has 2 rings (SSSR count). The van der Waals surface area contributed by atoms with E-state index in [2.05, 4.69) is 50.2 Å². The number of benzene rings is 2. The van der Waals surface area contributed by atoms with Gasteiger partial charge in [0.1, 0.15) is 17.2 Å². The van der Waals surface area contributed by atoms with Gasteiger partial charge in [-0.05, 0) is 75.5 Å². The van der Waals surface area contributed by atoms with Gasteiger partial charge in [0, 0.05) is 20.4 Å². The second-order valence-corrected chi connectivity index (χ2v) is 6.56. The summed E-state index contributed by atoms with van der Waals surface area (Å²) >= 11 is 10.1. The maximum absolute atomic E-state index is 9.93. The van der Waals surface area contributed by atoms with E-state index in [9.17, 15) is 10.2 Å². The van der Waals surface area contributed by atoms with Crippen LogP contribution in [0.4, 0.5) is 5.69 Å². The van der Waals surface area contributed by atoms with E-state index in [1.807, 2.05) is 12.1 Å². The van der Waals surface area contributed by atoms with Crippen LogP contribution >= 0.6 is 56.8 Å². The molecule has 0 amide bonds. The molecule has 0 aliphatic heterocycles. The van der Waals surface area contributed by atoms with Crippen molar-refractivity contribution in [2.45, 2.75) is 0 Å². The first-order valence-electron chi connectivity index (χ1n) is 5.18. The minimum absolute atomic E-state index is 0.0421. The number of aliphatic imine (C=N–C) groups is 1. The van der Waals surface area contributed by atoms with E-state index in [4.69, 9.17) is 11.6 Å². The molecule has 0 saturated heterocycles. The maximum Gasteiger partial charge on any atom is 0.141 e. The Hall–Kier alpha value is -0.540. The molecule has 2 aromatic rings. The third kappa shape index (κ3) is 3.73. The average molecular weight is 499 g/mol. The largest absolute Gasteiger partial charge is 0.506 e. The fourth-order valence-electron chi connectivity index (χ4n) is 1.42. The summed E-state index contributed by atoms with van der Waals surface area (Å²) in [6.45, 7) is 0. The van der Waals surface area contributed by atoms with Crippen molar-refractivity contribution in [1.29, 1.82) is 0 Å². The highest BCUT2D eigenvalue weighted by Gasteiger charge is 2.06. The monoisotopic (exact) mass is 499 g/mol. The van der Waals surface area contributed by atoms with E-state index in [-0.39, 0.29) is 11.5 Å². The molecule has 0 bridgehead atoms. The van der Waals surface area contributed by atoms with Crippen LogP contribution in [0.5, 0.6) is 11.5 Å². The SMILES string of the molecule is Oc1ccc(Cl)cc1N=Cc1cc(I)cc(I)c1O. The topological polar surface area (TPSA) is 52.8 Å². The summed E-state index contributed by atoms with van der Waals surface area (Å²) in [5, 5.41) is 20.1. The summed E-state index contributed by atoms with van der Waals surface area (Å²) in [6.07, 6.45) is 1.50. The van der Waals surface area contributed by atoms with Crippen molar-refractivity contribution in [1.82, 2.24) is 0 Å². The predicted molar refractivity (Wildman–Crippen MR) is 93.9 cm³/mol. The van der Waals surface area contributed by atoms with Crippen molar-refractivity contribution in [2.75, 3.05) is 0 Å². The Kier molecular flexibility index (Phi) is 4.91. The Morgan fingerprint density at radius 2 is 1.84 bits per heavy atom. The molecule has 2 aromatic carbocycles. The van der Waals surface area contributed by atoms with E-state index in [1.54, 1.807) is 12.1 Å². The van der Waals surface area contributed by atoms with Gasteiger partial charge in [-0.15, -0.1) is 0 Å². The van der Waals surface area contributed by atoms with Gasteiger partial charge in [0.2, 0.25) is 0 Å². The first-order valence-corrected chi connectivity index (χ1v) is 7.71. The first kappa shape index (κ1) is 14.9. The fourth-order valence-corrected chi connectivity index (χ4v) is 3.48. The van der Waals surface area contributed by atoms with Gasteiger partial charge in [-0.3, -0.25) is 4.99 Å². The van der Waals surface area contributed by atoms with E-state index < -0.39 is 0 Å². The smallest absolute Gasteiger partial charge is 0.141 e. The highest BCUT2D eigenvalue weighted by atomic mass is 127.